The number of amides is 3. The minimum atomic E-state index is 0.167. The smallest absolute Gasteiger partial charge is 0.223 e. The molecule has 0 saturated carbocycles. The number of carbonyl (C=O) groups is 4. The molecule has 9 rings (SSSR count). The average molecular weight is 1790 g/mol. The number of hydrogen-bond acceptors (Lipinski definition) is 27. The Labute approximate surface area is 773 Å². The van der Waals surface area contributed by atoms with Gasteiger partial charge in [-0.3, -0.25) is 24.0 Å². The van der Waals surface area contributed by atoms with Gasteiger partial charge in [-0.2, -0.15) is 5.10 Å². The van der Waals surface area contributed by atoms with E-state index < -0.39 is 0 Å². The van der Waals surface area contributed by atoms with Crippen LogP contribution in [0.15, 0.2) is 12.4 Å². The fraction of sp³-hybridized carbons (Fsp3) is 0.926. The number of nitrogens with one attached hydrogen (secondary N) is 5. The monoisotopic (exact) mass is 1790 g/mol. The first kappa shape index (κ1) is 132. The number of nitrogens with zero attached hydrogens (tertiary/aromatic N) is 19. The molecule has 31 heteroatoms. The van der Waals surface area contributed by atoms with Crippen LogP contribution in [0.5, 0.6) is 5.75 Å². The molecule has 0 atom stereocenters. The molecule has 1 aromatic rings. The molecule has 8 aliphatic rings. The lowest BCUT2D eigenvalue weighted by molar-refractivity contribution is -0.130. The van der Waals surface area contributed by atoms with E-state index in [0.717, 1.165) is 108 Å². The summed E-state index contributed by atoms with van der Waals surface area (Å²) in [6, 6.07) is 4.75. The number of carbonyl (C=O) groups excluding carboxylic acids is 4. The Balaban J connectivity index is -0.000000305. The number of ketones is 1. The molecule has 125 heavy (non-hydrogen) atoms. The molecule has 5 N–H and O–H groups in total. The number of piperidine rings is 5. The van der Waals surface area contributed by atoms with E-state index in [1.807, 2.05) is 40.1 Å². The van der Waals surface area contributed by atoms with Crippen molar-refractivity contribution in [2.75, 3.05) is 380 Å². The van der Waals surface area contributed by atoms with E-state index in [0.29, 0.717) is 25.0 Å². The summed E-state index contributed by atoms with van der Waals surface area (Å²) in [5.41, 5.74) is 0. The van der Waals surface area contributed by atoms with Gasteiger partial charge < -0.3 is 124 Å². The van der Waals surface area contributed by atoms with Crippen molar-refractivity contribution in [3.8, 4) is 5.75 Å². The number of aromatic nitrogens is 2. The molecule has 0 unspecified atom stereocenters. The molecule has 0 spiro atoms. The predicted octanol–water partition coefficient (Wildman–Crippen LogP) is 5.84. The van der Waals surface area contributed by atoms with Gasteiger partial charge in [-0.1, -0.05) is 54.9 Å². The standard InChI is InChI=1S/C10H22N2.C8H16N2O.C8H18N2.2C7H16N2.C7H18N2.C7H15NO.2C6H14N2O.C6H14N2.C6H16N2.C6H13N.C5H8N2O.C3H6O.C2H6O/c1-4-12(5-2)10-6-8-11(3)9-7-10;1-7(11)10-5-3-8(9-2)4-6-10;1-4-10(5-2)8-6-9(3)7-8;1-8-7-3-5-9(2)6-4-7;1-4-9(3)7-5-8(2)6-7;1-4-9(5-2)7-6-8-3;1-8-5-3-7(9-2)4-6-8;2*1-7-5-4-6(9)8(2)3;1-7(2)6-4-8(3)5-6;1-7(2)5-6-8(3)4;1-7-5-3-2-4-6-7;1-7-4-5(8-2)3-6-7;1-3(2)4;1-3-2/h10H,4-9H2,1-3H3;8-9H,3-6H2,1-2H3;8H,4-7H2,1-3H3;7-8H,3-6H2,1-2H3;7H,4-6H2,1-3H3;8H,4-7H2,1-3H3;7H,3-6H2,1-2H3;2*7H,4-5H2,1-3H3;6H,4-5H2,1-3H3;5-6H2,1-4H3;2-6H2,1H3;3-4H,1-2H3;1-2H3;1-2H3. The second kappa shape index (κ2) is 88.2. The van der Waals surface area contributed by atoms with E-state index in [4.69, 9.17) is 9.47 Å². The molecular weight excluding hydrogens is 1580 g/mol. The van der Waals surface area contributed by atoms with Gasteiger partial charge in [0.15, 0.2) is 5.75 Å². The van der Waals surface area contributed by atoms with Crippen molar-refractivity contribution in [1.29, 1.82) is 0 Å². The Morgan fingerprint density at radius 2 is 0.760 bits per heavy atom. The minimum absolute atomic E-state index is 0.167. The predicted molar refractivity (Wildman–Crippen MR) is 537 cm³/mol. The number of likely N-dealkylation sites (N-methyl/N-ethyl adjacent to an activating group) is 10. The molecule has 31 nitrogen and oxygen atoms in total. The van der Waals surface area contributed by atoms with E-state index in [-0.39, 0.29) is 23.5 Å². The van der Waals surface area contributed by atoms with Gasteiger partial charge >= 0.3 is 0 Å². The number of likely N-dealkylation sites (tertiary alicyclic amines) is 8. The van der Waals surface area contributed by atoms with Crippen LogP contribution in [0.1, 0.15) is 153 Å². The van der Waals surface area contributed by atoms with Gasteiger partial charge in [0, 0.05) is 217 Å². The third-order valence-electron chi connectivity index (χ3n) is 23.0. The first-order valence-electron chi connectivity index (χ1n) is 47.6. The topological polar surface area (TPSA) is 229 Å². The van der Waals surface area contributed by atoms with Crippen LogP contribution in [-0.4, -0.2) is 539 Å². The highest BCUT2D eigenvalue weighted by Gasteiger charge is 2.28. The highest BCUT2D eigenvalue weighted by atomic mass is 16.5. The van der Waals surface area contributed by atoms with Crippen molar-refractivity contribution < 1.29 is 33.4 Å². The maximum absolute atomic E-state index is 10.9. The van der Waals surface area contributed by atoms with Crippen molar-refractivity contribution in [3.63, 3.8) is 0 Å². The van der Waals surface area contributed by atoms with Gasteiger partial charge in [0.25, 0.3) is 0 Å². The molecular formula is C94H212N24O7. The second-order valence-corrected chi connectivity index (χ2v) is 35.6. The zero-order chi connectivity index (χ0) is 96.8. The Bertz CT molecular complexity index is 2370. The van der Waals surface area contributed by atoms with Crippen molar-refractivity contribution in [3.05, 3.63) is 12.4 Å². The lowest BCUT2D eigenvalue weighted by Crippen LogP contribution is -2.57. The number of hydrogen-bond donors (Lipinski definition) is 5. The average Bonchev–Trinajstić information content (AvgIpc) is 1.28. The molecule has 8 aliphatic heterocycles. The highest BCUT2D eigenvalue weighted by molar-refractivity contribution is 5.76. The van der Waals surface area contributed by atoms with Crippen LogP contribution in [0.4, 0.5) is 0 Å². The van der Waals surface area contributed by atoms with Gasteiger partial charge in [0.2, 0.25) is 17.7 Å². The van der Waals surface area contributed by atoms with Crippen molar-refractivity contribution in [2.45, 2.75) is 195 Å². The van der Waals surface area contributed by atoms with Gasteiger partial charge in [-0.05, 0) is 297 Å². The summed E-state index contributed by atoms with van der Waals surface area (Å²) in [6.45, 7) is 54.2. The van der Waals surface area contributed by atoms with E-state index in [2.05, 4.69) is 259 Å². The summed E-state index contributed by atoms with van der Waals surface area (Å²) >= 11 is 0. The van der Waals surface area contributed by atoms with Gasteiger partial charge in [0.05, 0.1) is 25.6 Å². The second-order valence-electron chi connectivity index (χ2n) is 35.6. The molecule has 0 radical (unpaired) electrons. The molecule has 9 heterocycles. The molecule has 3 amide bonds. The third-order valence-corrected chi connectivity index (χ3v) is 23.0. The molecule has 750 valence electrons. The Kier molecular flexibility index (Phi) is 93.1. The van der Waals surface area contributed by atoms with Crippen LogP contribution in [0.2, 0.25) is 0 Å². The van der Waals surface area contributed by atoms with Crippen molar-refractivity contribution in [1.82, 2.24) is 120 Å². The fourth-order valence-electron chi connectivity index (χ4n) is 13.6. The lowest BCUT2D eigenvalue weighted by atomic mass is 10.0. The highest BCUT2D eigenvalue weighted by Crippen LogP contribution is 2.17. The van der Waals surface area contributed by atoms with Crippen LogP contribution >= 0.6 is 0 Å². The molecule has 0 aromatic carbocycles. The molecule has 8 fully saturated rings. The van der Waals surface area contributed by atoms with Crippen LogP contribution in [0.3, 0.4) is 0 Å². The van der Waals surface area contributed by atoms with Crippen LogP contribution < -0.4 is 31.3 Å². The Morgan fingerprint density at radius 1 is 0.416 bits per heavy atom. The van der Waals surface area contributed by atoms with Crippen LogP contribution in [-0.2, 0) is 35.7 Å². The lowest BCUT2D eigenvalue weighted by Gasteiger charge is -2.42. The summed E-state index contributed by atoms with van der Waals surface area (Å²) in [5, 5.41) is 19.3. The normalized spacial score (nSPS) is 17.5. The minimum Gasteiger partial charge on any atom is -0.493 e. The summed E-state index contributed by atoms with van der Waals surface area (Å²) in [4.78, 5) is 80.2. The van der Waals surface area contributed by atoms with Gasteiger partial charge in [-0.25, -0.2) is 0 Å². The molecule has 8 saturated heterocycles. The number of aryl methyl sites for hydroxylation is 1. The third kappa shape index (κ3) is 80.8. The van der Waals surface area contributed by atoms with Gasteiger partial charge in [-0.15, -0.1) is 0 Å². The van der Waals surface area contributed by atoms with E-state index >= 15 is 0 Å². The van der Waals surface area contributed by atoms with Crippen LogP contribution in [0, 0.1) is 0 Å². The maximum Gasteiger partial charge on any atom is 0.223 e. The largest absolute Gasteiger partial charge is 0.493 e. The Morgan fingerprint density at radius 3 is 1.02 bits per heavy atom. The summed E-state index contributed by atoms with van der Waals surface area (Å²) in [5.74, 6) is 1.51. The quantitative estimate of drug-likeness (QED) is 0.0697. The van der Waals surface area contributed by atoms with Gasteiger partial charge in [0.1, 0.15) is 5.78 Å². The molecule has 0 aliphatic carbocycles. The zero-order valence-electron chi connectivity index (χ0n) is 89.2. The SMILES string of the molecule is CC(C)=O.CCN(C)C1CN(C)C1.CCN(CC)C1CCN(C)CC1.CCN(CC)C1CN(C)C1.CCN(CC)CCNC.CN(C)CCN(C)C.CN1CC(N(C)C)C1.CN1CCCCC1.CNC1CCN(C(C)=O)CC1.CNC1CCN(C)CC1.CNCCC(=O)N(C)C.CNCCC(=O)N(C)C.COC.COC1CCN(C)CC1.COc1cnn(C)c1. The fourth-order valence-corrected chi connectivity index (χ4v) is 13.6. The van der Waals surface area contributed by atoms with E-state index in [1.54, 1.807) is 90.4 Å². The first-order chi connectivity index (χ1) is 59.1. The number of rotatable bonds is 27. The van der Waals surface area contributed by atoms with E-state index in [1.165, 1.54) is 203 Å². The van der Waals surface area contributed by atoms with Crippen molar-refractivity contribution in [2.24, 2.45) is 7.05 Å². The zero-order valence-corrected chi connectivity index (χ0v) is 89.2. The number of Topliss-reactive ketones (excluding diaryl/α,β-unsaturated/α-hetero) is 1. The Hall–Kier alpha value is -3.75. The van der Waals surface area contributed by atoms with E-state index in [9.17, 15) is 19.2 Å². The molecule has 0 bridgehead atoms. The first-order valence-corrected chi connectivity index (χ1v) is 47.6. The van der Waals surface area contributed by atoms with Crippen LogP contribution in [0.25, 0.3) is 0 Å². The summed E-state index contributed by atoms with van der Waals surface area (Å²) < 4.78 is 16.0. The summed E-state index contributed by atoms with van der Waals surface area (Å²) in [7, 11) is 55.3. The molecule has 1 aromatic heterocycles. The number of methoxy groups -OCH3 is 3. The number of ether oxygens (including phenoxy) is 3. The summed E-state index contributed by atoms with van der Waals surface area (Å²) in [6.07, 6.45) is 19.4. The van der Waals surface area contributed by atoms with Crippen molar-refractivity contribution >= 4 is 23.5 Å². The maximum atomic E-state index is 10.9.